The molecule has 1 aliphatic carbocycles. The van der Waals surface area contributed by atoms with Crippen LogP contribution in [0, 0.1) is 0 Å². The minimum atomic E-state index is -4.53. The molecule has 9 heteroatoms. The highest BCUT2D eigenvalue weighted by molar-refractivity contribution is 7.99. The van der Waals surface area contributed by atoms with E-state index < -0.39 is 11.9 Å². The van der Waals surface area contributed by atoms with Crippen molar-refractivity contribution in [2.24, 2.45) is 0 Å². The molecule has 4 rings (SSSR count). The third-order valence-corrected chi connectivity index (χ3v) is 5.97. The van der Waals surface area contributed by atoms with Crippen molar-refractivity contribution in [3.05, 3.63) is 40.7 Å². The van der Waals surface area contributed by atoms with E-state index in [1.807, 2.05) is 6.20 Å². The van der Waals surface area contributed by atoms with Gasteiger partial charge in [0.05, 0.1) is 4.70 Å². The molecule has 0 atom stereocenters. The zero-order valence-electron chi connectivity index (χ0n) is 13.6. The van der Waals surface area contributed by atoms with Crippen LogP contribution in [-0.2, 0) is 12.6 Å². The molecular formula is C17H15F3N4S2. The van der Waals surface area contributed by atoms with Crippen molar-refractivity contribution in [2.45, 2.75) is 36.5 Å². The summed E-state index contributed by atoms with van der Waals surface area (Å²) in [5.41, 5.74) is 6.77. The first-order valence-corrected chi connectivity index (χ1v) is 9.97. The lowest BCUT2D eigenvalue weighted by atomic mass is 10.1. The van der Waals surface area contributed by atoms with Gasteiger partial charge in [-0.3, -0.25) is 4.98 Å². The number of hydrogen-bond acceptors (Lipinski definition) is 6. The molecule has 1 fully saturated rings. The lowest BCUT2D eigenvalue weighted by Gasteiger charge is -2.08. The second kappa shape index (κ2) is 6.70. The zero-order valence-corrected chi connectivity index (χ0v) is 15.2. The second-order valence-corrected chi connectivity index (χ2v) is 8.17. The maximum atomic E-state index is 12.8. The van der Waals surface area contributed by atoms with Crippen molar-refractivity contribution in [3.8, 4) is 0 Å². The molecule has 0 unspecified atom stereocenters. The Morgan fingerprint density at radius 2 is 2.04 bits per heavy atom. The Bertz CT molecular complexity index is 951. The van der Waals surface area contributed by atoms with Crippen LogP contribution in [0.3, 0.4) is 0 Å². The van der Waals surface area contributed by atoms with Gasteiger partial charge in [0.1, 0.15) is 5.82 Å². The van der Waals surface area contributed by atoms with E-state index in [9.17, 15) is 13.2 Å². The Morgan fingerprint density at radius 1 is 1.23 bits per heavy atom. The number of nitrogen functional groups attached to an aromatic ring is 1. The molecule has 3 aromatic rings. The second-order valence-electron chi connectivity index (χ2n) is 6.19. The standard InChI is InChI=1S/C17H15F3N4S2/c18-17(19,20)14-6-15(21)24-16(23-14)25-4-3-10-5-11-12(9-1-2-9)8-26-13(11)7-22-10/h5-9H,1-4H2,(H2,21,23,24). The highest BCUT2D eigenvalue weighted by Crippen LogP contribution is 2.45. The van der Waals surface area contributed by atoms with Crippen LogP contribution in [0.5, 0.6) is 0 Å². The number of rotatable bonds is 5. The first-order chi connectivity index (χ1) is 12.4. The summed E-state index contributed by atoms with van der Waals surface area (Å²) in [6, 6.07) is 2.84. The van der Waals surface area contributed by atoms with Crippen molar-refractivity contribution >= 4 is 39.0 Å². The predicted molar refractivity (Wildman–Crippen MR) is 97.5 cm³/mol. The highest BCUT2D eigenvalue weighted by atomic mass is 32.2. The highest BCUT2D eigenvalue weighted by Gasteiger charge is 2.33. The molecule has 3 heterocycles. The molecule has 4 nitrogen and oxygen atoms in total. The molecule has 0 radical (unpaired) electrons. The van der Waals surface area contributed by atoms with Gasteiger partial charge in [0.25, 0.3) is 0 Å². The normalized spacial score (nSPS) is 14.9. The summed E-state index contributed by atoms with van der Waals surface area (Å²) in [6.07, 6.45) is 0.461. The topological polar surface area (TPSA) is 64.7 Å². The summed E-state index contributed by atoms with van der Waals surface area (Å²) in [7, 11) is 0. The number of aryl methyl sites for hydroxylation is 1. The maximum Gasteiger partial charge on any atom is 0.433 e. The number of anilines is 1. The predicted octanol–water partition coefficient (Wildman–Crippen LogP) is 4.90. The van der Waals surface area contributed by atoms with Crippen molar-refractivity contribution in [1.82, 2.24) is 15.0 Å². The molecular weight excluding hydrogens is 381 g/mol. The van der Waals surface area contributed by atoms with Crippen molar-refractivity contribution < 1.29 is 13.2 Å². The van der Waals surface area contributed by atoms with Gasteiger partial charge in [0, 0.05) is 23.7 Å². The number of aromatic nitrogens is 3. The van der Waals surface area contributed by atoms with Crippen LogP contribution < -0.4 is 5.73 Å². The molecule has 0 aliphatic heterocycles. The Labute approximate surface area is 156 Å². The van der Waals surface area contributed by atoms with Crippen LogP contribution in [-0.4, -0.2) is 20.7 Å². The largest absolute Gasteiger partial charge is 0.433 e. The van der Waals surface area contributed by atoms with Gasteiger partial charge >= 0.3 is 6.18 Å². The first-order valence-electron chi connectivity index (χ1n) is 8.11. The Morgan fingerprint density at radius 3 is 2.77 bits per heavy atom. The summed E-state index contributed by atoms with van der Waals surface area (Å²) in [6.45, 7) is 0. The number of thioether (sulfide) groups is 1. The van der Waals surface area contributed by atoms with Gasteiger partial charge in [-0.05, 0) is 47.6 Å². The van der Waals surface area contributed by atoms with E-state index in [0.29, 0.717) is 18.1 Å². The van der Waals surface area contributed by atoms with E-state index in [2.05, 4.69) is 26.4 Å². The number of alkyl halides is 3. The third-order valence-electron chi connectivity index (χ3n) is 4.17. The Kier molecular flexibility index (Phi) is 4.52. The van der Waals surface area contributed by atoms with Gasteiger partial charge < -0.3 is 5.73 Å². The lowest BCUT2D eigenvalue weighted by molar-refractivity contribution is -0.141. The van der Waals surface area contributed by atoms with Gasteiger partial charge in [0.15, 0.2) is 10.9 Å². The molecule has 0 spiro atoms. The van der Waals surface area contributed by atoms with Crippen molar-refractivity contribution in [2.75, 3.05) is 11.5 Å². The van der Waals surface area contributed by atoms with E-state index in [-0.39, 0.29) is 11.0 Å². The fourth-order valence-electron chi connectivity index (χ4n) is 2.74. The molecule has 2 N–H and O–H groups in total. The summed E-state index contributed by atoms with van der Waals surface area (Å²) < 4.78 is 39.6. The molecule has 136 valence electrons. The maximum absolute atomic E-state index is 12.8. The summed E-state index contributed by atoms with van der Waals surface area (Å²) >= 11 is 2.86. The number of nitrogens with zero attached hydrogens (tertiary/aromatic N) is 3. The van der Waals surface area contributed by atoms with Crippen LogP contribution in [0.15, 0.2) is 28.9 Å². The Hall–Kier alpha value is -1.87. The number of halogens is 3. The fraction of sp³-hybridized carbons (Fsp3) is 0.353. The number of pyridine rings is 1. The van der Waals surface area contributed by atoms with Crippen molar-refractivity contribution in [1.29, 1.82) is 0 Å². The van der Waals surface area contributed by atoms with Gasteiger partial charge in [-0.1, -0.05) is 11.8 Å². The first kappa shape index (κ1) is 17.5. The number of nitrogens with two attached hydrogens (primary N) is 1. The van der Waals surface area contributed by atoms with Crippen LogP contribution in [0.1, 0.15) is 35.7 Å². The smallest absolute Gasteiger partial charge is 0.384 e. The molecule has 0 saturated heterocycles. The zero-order chi connectivity index (χ0) is 18.3. The monoisotopic (exact) mass is 396 g/mol. The fourth-order valence-corrected chi connectivity index (χ4v) is 4.56. The summed E-state index contributed by atoms with van der Waals surface area (Å²) in [5.74, 6) is 1.03. The van der Waals surface area contributed by atoms with E-state index in [1.54, 1.807) is 11.3 Å². The van der Waals surface area contributed by atoms with Gasteiger partial charge in [0.2, 0.25) is 0 Å². The summed E-state index contributed by atoms with van der Waals surface area (Å²) in [4.78, 5) is 11.9. The number of thiophene rings is 1. The molecule has 1 aliphatic rings. The van der Waals surface area contributed by atoms with Gasteiger partial charge in [-0.25, -0.2) is 9.97 Å². The molecule has 0 bridgehead atoms. The number of hydrogen-bond donors (Lipinski definition) is 1. The molecule has 3 aromatic heterocycles. The van der Waals surface area contributed by atoms with Gasteiger partial charge in [-0.15, -0.1) is 11.3 Å². The SMILES string of the molecule is Nc1cc(C(F)(F)F)nc(SCCc2cc3c(C4CC4)csc3cn2)n1. The van der Waals surface area contributed by atoms with Crippen LogP contribution in [0.4, 0.5) is 19.0 Å². The minimum Gasteiger partial charge on any atom is -0.384 e. The molecule has 0 amide bonds. The minimum absolute atomic E-state index is 0.0348. The van der Waals surface area contributed by atoms with Crippen LogP contribution in [0.25, 0.3) is 10.1 Å². The van der Waals surface area contributed by atoms with E-state index in [4.69, 9.17) is 5.73 Å². The van der Waals surface area contributed by atoms with Crippen molar-refractivity contribution in [3.63, 3.8) is 0 Å². The molecule has 1 saturated carbocycles. The summed E-state index contributed by atoms with van der Waals surface area (Å²) in [5, 5.41) is 3.50. The average Bonchev–Trinajstić information content (AvgIpc) is 3.33. The lowest BCUT2D eigenvalue weighted by Crippen LogP contribution is -2.11. The quantitative estimate of drug-likeness (QED) is 0.491. The van der Waals surface area contributed by atoms with E-state index in [0.717, 1.165) is 23.5 Å². The Balaban J connectivity index is 1.45. The van der Waals surface area contributed by atoms with Gasteiger partial charge in [-0.2, -0.15) is 13.2 Å². The van der Waals surface area contributed by atoms with Crippen LogP contribution >= 0.6 is 23.1 Å². The average molecular weight is 396 g/mol. The third kappa shape index (κ3) is 3.78. The molecule has 26 heavy (non-hydrogen) atoms. The van der Waals surface area contributed by atoms with E-state index >= 15 is 0 Å². The van der Waals surface area contributed by atoms with E-state index in [1.165, 1.54) is 28.5 Å². The van der Waals surface area contributed by atoms with Crippen LogP contribution in [0.2, 0.25) is 0 Å². The number of fused-ring (bicyclic) bond motifs is 1. The molecule has 0 aromatic carbocycles.